The minimum Gasteiger partial charge on any atom is -0.306 e. The number of benzene rings is 2. The molecule has 1 aromatic heterocycles. The Balaban J connectivity index is 2.01. The lowest BCUT2D eigenvalue weighted by Crippen LogP contribution is -2.24. The van der Waals surface area contributed by atoms with E-state index in [9.17, 15) is 13.2 Å². The zero-order valence-electron chi connectivity index (χ0n) is 17.4. The van der Waals surface area contributed by atoms with Crippen molar-refractivity contribution in [1.82, 2.24) is 14.1 Å². The van der Waals surface area contributed by atoms with Gasteiger partial charge in [-0.3, -0.25) is 4.79 Å². The van der Waals surface area contributed by atoms with E-state index in [0.717, 1.165) is 25.7 Å². The summed E-state index contributed by atoms with van der Waals surface area (Å²) in [5, 5.41) is 7.32. The first-order valence-corrected chi connectivity index (χ1v) is 11.4. The number of hydrogen-bond acceptors (Lipinski definition) is 4. The summed E-state index contributed by atoms with van der Waals surface area (Å²) in [6.07, 6.45) is 0. The fourth-order valence-electron chi connectivity index (χ4n) is 3.00. The van der Waals surface area contributed by atoms with E-state index in [2.05, 4.69) is 26.3 Å². The predicted molar refractivity (Wildman–Crippen MR) is 121 cm³/mol. The largest absolute Gasteiger partial charge is 0.306 e. The van der Waals surface area contributed by atoms with E-state index in [1.165, 1.54) is 20.2 Å². The molecule has 0 atom stereocenters. The van der Waals surface area contributed by atoms with Crippen molar-refractivity contribution in [3.05, 3.63) is 69.3 Å². The molecular formula is C21H23BrN4O3S. The second-order valence-corrected chi connectivity index (χ2v) is 10.3. The van der Waals surface area contributed by atoms with Gasteiger partial charge in [0.15, 0.2) is 0 Å². The third-order valence-corrected chi connectivity index (χ3v) is 7.20. The van der Waals surface area contributed by atoms with E-state index in [0.29, 0.717) is 11.4 Å². The van der Waals surface area contributed by atoms with Crippen molar-refractivity contribution < 1.29 is 13.2 Å². The van der Waals surface area contributed by atoms with Crippen LogP contribution in [0.4, 0.5) is 5.82 Å². The van der Waals surface area contributed by atoms with Crippen LogP contribution >= 0.6 is 15.9 Å². The van der Waals surface area contributed by atoms with Crippen molar-refractivity contribution in [2.24, 2.45) is 0 Å². The highest BCUT2D eigenvalue weighted by atomic mass is 79.9. The number of carbonyl (C=O) groups is 1. The number of halogens is 1. The number of nitrogens with zero attached hydrogens (tertiary/aromatic N) is 3. The smallest absolute Gasteiger partial charge is 0.256 e. The van der Waals surface area contributed by atoms with Crippen LogP contribution in [0.25, 0.3) is 5.69 Å². The summed E-state index contributed by atoms with van der Waals surface area (Å²) in [6.45, 7) is 5.36. The molecule has 0 radical (unpaired) electrons. The molecule has 1 N–H and O–H groups in total. The number of sulfonamides is 1. The Kier molecular flexibility index (Phi) is 6.16. The molecular weight excluding hydrogens is 468 g/mol. The molecule has 1 heterocycles. The van der Waals surface area contributed by atoms with E-state index in [-0.39, 0.29) is 10.5 Å². The molecule has 0 fully saturated rings. The third kappa shape index (κ3) is 4.33. The second-order valence-electron chi connectivity index (χ2n) is 7.22. The monoisotopic (exact) mass is 490 g/mol. The second kappa shape index (κ2) is 8.33. The molecule has 0 bridgehead atoms. The first kappa shape index (κ1) is 22.2. The van der Waals surface area contributed by atoms with Crippen LogP contribution in [0, 0.1) is 20.8 Å². The summed E-state index contributed by atoms with van der Waals surface area (Å²) in [5.74, 6) is 0.0790. The number of aryl methyl sites for hydroxylation is 2. The molecule has 0 aliphatic carbocycles. The van der Waals surface area contributed by atoms with Crippen molar-refractivity contribution in [2.45, 2.75) is 25.7 Å². The molecule has 0 spiro atoms. The molecule has 0 aliphatic rings. The number of aromatic nitrogens is 2. The molecule has 3 aromatic rings. The summed E-state index contributed by atoms with van der Waals surface area (Å²) in [7, 11) is -0.743. The standard InChI is InChI=1S/C21H23BrN4O3S/c1-13-9-16(11-19(15(13)3)30(28,29)25(4)5)21(27)23-20-10-14(2)24-26(20)18-8-6-7-17(22)12-18/h6-12H,1-5H3,(H,23,27). The highest BCUT2D eigenvalue weighted by Crippen LogP contribution is 2.25. The first-order valence-electron chi connectivity index (χ1n) is 9.18. The Bertz CT molecular complexity index is 1230. The molecule has 2 aromatic carbocycles. The fourth-order valence-corrected chi connectivity index (χ4v) is 4.61. The minimum absolute atomic E-state index is 0.120. The van der Waals surface area contributed by atoms with Crippen LogP contribution in [0.5, 0.6) is 0 Å². The highest BCUT2D eigenvalue weighted by Gasteiger charge is 2.23. The maximum absolute atomic E-state index is 13.0. The van der Waals surface area contributed by atoms with Gasteiger partial charge in [-0.25, -0.2) is 17.4 Å². The number of carbonyl (C=O) groups excluding carboxylic acids is 1. The lowest BCUT2D eigenvalue weighted by Gasteiger charge is -2.16. The summed E-state index contributed by atoms with van der Waals surface area (Å²) in [5.41, 5.74) is 3.12. The summed E-state index contributed by atoms with van der Waals surface area (Å²) in [4.78, 5) is 13.1. The minimum atomic E-state index is -3.68. The van der Waals surface area contributed by atoms with Crippen molar-refractivity contribution in [3.63, 3.8) is 0 Å². The maximum atomic E-state index is 13.0. The number of anilines is 1. The van der Waals surface area contributed by atoms with Gasteiger partial charge in [0.05, 0.1) is 16.3 Å². The quantitative estimate of drug-likeness (QED) is 0.584. The average molecular weight is 491 g/mol. The number of nitrogens with one attached hydrogen (secondary N) is 1. The van der Waals surface area contributed by atoms with Gasteiger partial charge in [0.1, 0.15) is 5.82 Å². The van der Waals surface area contributed by atoms with Crippen LogP contribution in [0.2, 0.25) is 0 Å². The van der Waals surface area contributed by atoms with Crippen molar-refractivity contribution >= 4 is 37.7 Å². The van der Waals surface area contributed by atoms with Gasteiger partial charge in [-0.05, 0) is 62.2 Å². The van der Waals surface area contributed by atoms with E-state index in [4.69, 9.17) is 0 Å². The molecule has 30 heavy (non-hydrogen) atoms. The van der Waals surface area contributed by atoms with Gasteiger partial charge in [0.2, 0.25) is 10.0 Å². The zero-order valence-corrected chi connectivity index (χ0v) is 19.8. The van der Waals surface area contributed by atoms with Gasteiger partial charge in [-0.1, -0.05) is 22.0 Å². The molecule has 7 nitrogen and oxygen atoms in total. The van der Waals surface area contributed by atoms with Crippen molar-refractivity contribution in [3.8, 4) is 5.69 Å². The molecule has 0 saturated carbocycles. The van der Waals surface area contributed by atoms with Crippen LogP contribution < -0.4 is 5.32 Å². The topological polar surface area (TPSA) is 84.3 Å². The van der Waals surface area contributed by atoms with Gasteiger partial charge in [-0.2, -0.15) is 5.10 Å². The van der Waals surface area contributed by atoms with E-state index in [1.54, 1.807) is 30.7 Å². The van der Waals surface area contributed by atoms with E-state index >= 15 is 0 Å². The molecule has 0 aliphatic heterocycles. The Labute approximate surface area is 184 Å². The maximum Gasteiger partial charge on any atom is 0.256 e. The summed E-state index contributed by atoms with van der Waals surface area (Å²) < 4.78 is 29.0. The first-order chi connectivity index (χ1) is 14.0. The average Bonchev–Trinajstić information content (AvgIpc) is 3.03. The lowest BCUT2D eigenvalue weighted by molar-refractivity contribution is 0.102. The van der Waals surface area contributed by atoms with Crippen LogP contribution in [-0.2, 0) is 10.0 Å². The molecule has 9 heteroatoms. The van der Waals surface area contributed by atoms with Gasteiger partial charge in [0, 0.05) is 30.2 Å². The Hall–Kier alpha value is -2.49. The van der Waals surface area contributed by atoms with Crippen molar-refractivity contribution in [2.75, 3.05) is 19.4 Å². The normalized spacial score (nSPS) is 11.7. The number of rotatable bonds is 5. The van der Waals surface area contributed by atoms with Crippen LogP contribution in [0.1, 0.15) is 27.2 Å². The van der Waals surface area contributed by atoms with Gasteiger partial charge < -0.3 is 5.32 Å². The molecule has 0 saturated heterocycles. The van der Waals surface area contributed by atoms with Crippen LogP contribution in [-0.4, -0.2) is 42.5 Å². The zero-order chi connectivity index (χ0) is 22.2. The third-order valence-electron chi connectivity index (χ3n) is 4.77. The van der Waals surface area contributed by atoms with Gasteiger partial charge in [0.25, 0.3) is 5.91 Å². The number of amides is 1. The molecule has 158 valence electrons. The lowest BCUT2D eigenvalue weighted by atomic mass is 10.1. The van der Waals surface area contributed by atoms with Crippen LogP contribution in [0.3, 0.4) is 0 Å². The Morgan fingerprint density at radius 1 is 1.10 bits per heavy atom. The summed E-state index contributed by atoms with van der Waals surface area (Å²) >= 11 is 3.44. The predicted octanol–water partition coefficient (Wildman–Crippen LogP) is 4.06. The fraction of sp³-hybridized carbons (Fsp3) is 0.238. The molecule has 3 rings (SSSR count). The van der Waals surface area contributed by atoms with Crippen LogP contribution in [0.15, 0.2) is 51.8 Å². The van der Waals surface area contributed by atoms with Crippen molar-refractivity contribution in [1.29, 1.82) is 0 Å². The Morgan fingerprint density at radius 3 is 2.43 bits per heavy atom. The molecule has 0 unspecified atom stereocenters. The Morgan fingerprint density at radius 2 is 1.80 bits per heavy atom. The summed E-state index contributed by atoms with van der Waals surface area (Å²) in [6, 6.07) is 12.4. The number of hydrogen-bond donors (Lipinski definition) is 1. The van der Waals surface area contributed by atoms with Gasteiger partial charge in [-0.15, -0.1) is 0 Å². The SMILES string of the molecule is Cc1cc(NC(=O)c2cc(C)c(C)c(S(=O)(=O)N(C)C)c2)n(-c2cccc(Br)c2)n1. The highest BCUT2D eigenvalue weighted by molar-refractivity contribution is 9.10. The molecule has 1 amide bonds. The van der Waals surface area contributed by atoms with E-state index in [1.807, 2.05) is 31.2 Å². The van der Waals surface area contributed by atoms with E-state index < -0.39 is 15.9 Å². The van der Waals surface area contributed by atoms with Gasteiger partial charge >= 0.3 is 0 Å².